The third kappa shape index (κ3) is 2.49. The Kier molecular flexibility index (Phi) is 3.36. The fraction of sp³-hybridized carbons (Fsp3) is 0.438. The van der Waals surface area contributed by atoms with Crippen molar-refractivity contribution in [3.63, 3.8) is 0 Å². The van der Waals surface area contributed by atoms with E-state index >= 15 is 0 Å². The smallest absolute Gasteiger partial charge is 0.153 e. The molecule has 0 amide bonds. The first kappa shape index (κ1) is 14.4. The lowest BCUT2D eigenvalue weighted by Gasteiger charge is -2.20. The Morgan fingerprint density at radius 1 is 1.23 bits per heavy atom. The van der Waals surface area contributed by atoms with Gasteiger partial charge in [0.05, 0.1) is 5.69 Å². The molecule has 22 heavy (non-hydrogen) atoms. The van der Waals surface area contributed by atoms with Gasteiger partial charge in [0.15, 0.2) is 9.84 Å². The van der Waals surface area contributed by atoms with Gasteiger partial charge >= 0.3 is 0 Å². The van der Waals surface area contributed by atoms with E-state index in [1.807, 2.05) is 5.38 Å². The van der Waals surface area contributed by atoms with Crippen molar-refractivity contribution in [1.82, 2.24) is 9.88 Å². The molecule has 0 spiro atoms. The molecule has 0 saturated carbocycles. The van der Waals surface area contributed by atoms with Crippen LogP contribution < -0.4 is 0 Å². The largest absolute Gasteiger partial charge is 0.283 e. The summed E-state index contributed by atoms with van der Waals surface area (Å²) >= 11 is 1.45. The third-order valence-electron chi connectivity index (χ3n) is 4.56. The summed E-state index contributed by atoms with van der Waals surface area (Å²) in [5.74, 6) is 0.0464. The first-order valence-corrected chi connectivity index (χ1v) is 10.4. The van der Waals surface area contributed by atoms with E-state index in [1.54, 1.807) is 0 Å². The Balaban J connectivity index is 1.54. The monoisotopic (exact) mass is 334 g/mol. The van der Waals surface area contributed by atoms with E-state index in [1.165, 1.54) is 41.6 Å². The number of hydrogen-bond acceptors (Lipinski definition) is 5. The predicted octanol–water partition coefficient (Wildman–Crippen LogP) is 3.08. The van der Waals surface area contributed by atoms with E-state index in [4.69, 9.17) is 0 Å². The number of rotatable bonds is 4. The van der Waals surface area contributed by atoms with Gasteiger partial charge in [-0.2, -0.15) is 0 Å². The van der Waals surface area contributed by atoms with Gasteiger partial charge in [-0.15, -0.1) is 11.3 Å². The van der Waals surface area contributed by atoms with Gasteiger partial charge in [-0.05, 0) is 24.0 Å². The van der Waals surface area contributed by atoms with Crippen LogP contribution in [-0.4, -0.2) is 24.6 Å². The molecule has 6 heteroatoms. The molecule has 0 radical (unpaired) electrons. The Hall–Kier alpha value is -1.24. The van der Waals surface area contributed by atoms with Crippen LogP contribution in [0, 0.1) is 0 Å². The second-order valence-electron chi connectivity index (χ2n) is 6.21. The lowest BCUT2D eigenvalue weighted by molar-refractivity contribution is 0.211. The van der Waals surface area contributed by atoms with Crippen LogP contribution in [0.3, 0.4) is 0 Å². The average Bonchev–Trinajstić information content (AvgIpc) is 3.13. The fourth-order valence-corrected chi connectivity index (χ4v) is 5.77. The Bertz CT molecular complexity index is 782. The van der Waals surface area contributed by atoms with Crippen LogP contribution in [0.15, 0.2) is 29.6 Å². The third-order valence-corrected chi connectivity index (χ3v) is 6.44. The summed E-state index contributed by atoms with van der Waals surface area (Å²) in [4.78, 5) is 7.03. The SMILES string of the molecule is CS(=O)(=O)Cc1nc(CN2C3CCC2c2ccccc23)cs1. The van der Waals surface area contributed by atoms with Crippen molar-refractivity contribution in [3.05, 3.63) is 51.5 Å². The zero-order chi connectivity index (χ0) is 15.3. The van der Waals surface area contributed by atoms with Crippen molar-refractivity contribution in [2.45, 2.75) is 37.2 Å². The fourth-order valence-electron chi connectivity index (χ4n) is 3.77. The van der Waals surface area contributed by atoms with Crippen LogP contribution in [0.1, 0.15) is 46.8 Å². The maximum atomic E-state index is 11.4. The molecule has 2 bridgehead atoms. The van der Waals surface area contributed by atoms with E-state index in [2.05, 4.69) is 34.1 Å². The number of sulfone groups is 1. The van der Waals surface area contributed by atoms with E-state index in [9.17, 15) is 8.42 Å². The number of fused-ring (bicyclic) bond motifs is 5. The second-order valence-corrected chi connectivity index (χ2v) is 9.30. The van der Waals surface area contributed by atoms with Crippen molar-refractivity contribution in [1.29, 1.82) is 0 Å². The Morgan fingerprint density at radius 3 is 2.45 bits per heavy atom. The van der Waals surface area contributed by atoms with Crippen LogP contribution in [0.4, 0.5) is 0 Å². The summed E-state index contributed by atoms with van der Waals surface area (Å²) in [6.07, 6.45) is 3.68. The standard InChI is InChI=1S/C16H18N2O2S2/c1-22(19,20)10-16-17-11(9-21-16)8-18-14-6-7-15(18)13-5-3-2-4-12(13)14/h2-5,9,14-15H,6-8,10H2,1H3. The zero-order valence-corrected chi connectivity index (χ0v) is 14.0. The van der Waals surface area contributed by atoms with Crippen LogP contribution in [0.5, 0.6) is 0 Å². The van der Waals surface area contributed by atoms with Crippen molar-refractivity contribution in [2.24, 2.45) is 0 Å². The van der Waals surface area contributed by atoms with Gasteiger partial charge in [-0.3, -0.25) is 4.90 Å². The summed E-state index contributed by atoms with van der Waals surface area (Å²) < 4.78 is 22.7. The van der Waals surface area contributed by atoms with Gasteiger partial charge in [0.2, 0.25) is 0 Å². The highest BCUT2D eigenvalue weighted by Crippen LogP contribution is 2.53. The molecule has 2 aliphatic heterocycles. The summed E-state index contributed by atoms with van der Waals surface area (Å²) in [7, 11) is -3.01. The molecule has 2 aromatic rings. The Labute approximate surface area is 134 Å². The van der Waals surface area contributed by atoms with Crippen LogP contribution in [-0.2, 0) is 22.1 Å². The van der Waals surface area contributed by atoms with Gasteiger partial charge < -0.3 is 0 Å². The molecule has 1 aromatic heterocycles. The summed E-state index contributed by atoms with van der Waals surface area (Å²) in [5.41, 5.74) is 3.92. The number of hydrogen-bond donors (Lipinski definition) is 0. The van der Waals surface area contributed by atoms with Crippen molar-refractivity contribution in [2.75, 3.05) is 6.26 Å². The van der Waals surface area contributed by atoms with Gasteiger partial charge in [0.25, 0.3) is 0 Å². The first-order chi connectivity index (χ1) is 10.5. The van der Waals surface area contributed by atoms with Crippen LogP contribution in [0.25, 0.3) is 0 Å². The molecule has 0 aliphatic carbocycles. The molecule has 1 fully saturated rings. The molecular formula is C16H18N2O2S2. The number of thiazole rings is 1. The highest BCUT2D eigenvalue weighted by Gasteiger charge is 2.43. The summed E-state index contributed by atoms with van der Waals surface area (Å²) in [5, 5.41) is 2.70. The molecular weight excluding hydrogens is 316 g/mol. The maximum Gasteiger partial charge on any atom is 0.153 e. The molecule has 0 N–H and O–H groups in total. The minimum atomic E-state index is -3.01. The Morgan fingerprint density at radius 2 is 1.86 bits per heavy atom. The summed E-state index contributed by atoms with van der Waals surface area (Å²) in [6.45, 7) is 0.810. The topological polar surface area (TPSA) is 50.3 Å². The number of aromatic nitrogens is 1. The van der Waals surface area contributed by atoms with E-state index in [0.717, 1.165) is 12.2 Å². The molecule has 3 heterocycles. The number of benzene rings is 1. The molecule has 2 aliphatic rings. The molecule has 4 rings (SSSR count). The second kappa shape index (κ2) is 5.15. The number of nitrogens with zero attached hydrogens (tertiary/aromatic N) is 2. The average molecular weight is 334 g/mol. The molecule has 2 unspecified atom stereocenters. The maximum absolute atomic E-state index is 11.4. The van der Waals surface area contributed by atoms with E-state index in [-0.39, 0.29) is 5.75 Å². The highest BCUT2D eigenvalue weighted by molar-refractivity contribution is 7.90. The van der Waals surface area contributed by atoms with E-state index < -0.39 is 9.84 Å². The lowest BCUT2D eigenvalue weighted by Crippen LogP contribution is -2.19. The molecule has 2 atom stereocenters. The zero-order valence-electron chi connectivity index (χ0n) is 12.4. The summed E-state index contributed by atoms with van der Waals surface area (Å²) in [6, 6.07) is 9.71. The van der Waals surface area contributed by atoms with Gasteiger partial charge in [-0.25, -0.2) is 13.4 Å². The molecule has 4 nitrogen and oxygen atoms in total. The minimum absolute atomic E-state index is 0.0464. The lowest BCUT2D eigenvalue weighted by atomic mass is 9.92. The van der Waals surface area contributed by atoms with Crippen molar-refractivity contribution >= 4 is 21.2 Å². The van der Waals surface area contributed by atoms with Gasteiger partial charge in [-0.1, -0.05) is 24.3 Å². The highest BCUT2D eigenvalue weighted by atomic mass is 32.2. The normalized spacial score (nSPS) is 23.9. The first-order valence-electron chi connectivity index (χ1n) is 7.47. The van der Waals surface area contributed by atoms with Crippen molar-refractivity contribution < 1.29 is 8.42 Å². The van der Waals surface area contributed by atoms with Gasteiger partial charge in [0, 0.05) is 30.3 Å². The quantitative estimate of drug-likeness (QED) is 0.862. The molecule has 116 valence electrons. The molecule has 1 saturated heterocycles. The molecule has 1 aromatic carbocycles. The van der Waals surface area contributed by atoms with Gasteiger partial charge in [0.1, 0.15) is 10.8 Å². The minimum Gasteiger partial charge on any atom is -0.283 e. The van der Waals surface area contributed by atoms with E-state index in [0.29, 0.717) is 17.1 Å². The van der Waals surface area contributed by atoms with Crippen LogP contribution >= 0.6 is 11.3 Å². The predicted molar refractivity (Wildman–Crippen MR) is 87.4 cm³/mol. The van der Waals surface area contributed by atoms with Crippen molar-refractivity contribution in [3.8, 4) is 0 Å². The van der Waals surface area contributed by atoms with Crippen LogP contribution in [0.2, 0.25) is 0 Å².